The van der Waals surface area contributed by atoms with Crippen LogP contribution in [0.4, 0.5) is 4.79 Å². The lowest BCUT2D eigenvalue weighted by Crippen LogP contribution is -2.48. The molecule has 1 heterocycles. The minimum absolute atomic E-state index is 0.200. The highest BCUT2D eigenvalue weighted by Crippen LogP contribution is 2.09. The van der Waals surface area contributed by atoms with Gasteiger partial charge in [0.2, 0.25) is 0 Å². The van der Waals surface area contributed by atoms with Crippen LogP contribution in [0.1, 0.15) is 20.8 Å². The molecule has 1 aliphatic heterocycles. The fourth-order valence-corrected chi connectivity index (χ4v) is 1.17. The summed E-state index contributed by atoms with van der Waals surface area (Å²) in [7, 11) is 1.00. The molecule has 0 aromatic carbocycles. The summed E-state index contributed by atoms with van der Waals surface area (Å²) in [6.07, 6.45) is 1.49. The lowest BCUT2D eigenvalue weighted by molar-refractivity contribution is 0.0229. The molecule has 1 saturated heterocycles. The molecule has 2 N–H and O–H groups in total. The van der Waals surface area contributed by atoms with Gasteiger partial charge in [0.25, 0.3) is 0 Å². The average molecular weight is 266 g/mol. The summed E-state index contributed by atoms with van der Waals surface area (Å²) >= 11 is 3.53. The number of nitrogens with zero attached hydrogens (tertiary/aromatic N) is 1. The van der Waals surface area contributed by atoms with Crippen LogP contribution in [0, 0.1) is 0 Å². The largest absolute Gasteiger partial charge is 0.444 e. The van der Waals surface area contributed by atoms with E-state index in [0.29, 0.717) is 0 Å². The number of aliphatic hydroxyl groups is 1. The number of amides is 1. The van der Waals surface area contributed by atoms with Gasteiger partial charge in [0, 0.05) is 33.3 Å². The molecular formula is C11H26N2O3S. The van der Waals surface area contributed by atoms with E-state index in [9.17, 15) is 4.79 Å². The Morgan fingerprint density at radius 3 is 2.00 bits per heavy atom. The summed E-state index contributed by atoms with van der Waals surface area (Å²) in [5.74, 6) is 0. The van der Waals surface area contributed by atoms with E-state index in [0.717, 1.165) is 33.3 Å². The normalized spacial score (nSPS) is 14.9. The number of ether oxygens (including phenoxy) is 1. The molecule has 0 bridgehead atoms. The zero-order valence-corrected chi connectivity index (χ0v) is 12.4. The first kappa shape index (κ1) is 18.9. The second-order valence-corrected chi connectivity index (χ2v) is 4.22. The zero-order valence-electron chi connectivity index (χ0n) is 11.5. The quantitative estimate of drug-likeness (QED) is 0.572. The van der Waals surface area contributed by atoms with Crippen LogP contribution in [0.2, 0.25) is 0 Å². The molecule has 0 spiro atoms. The Balaban J connectivity index is 0. The first-order valence-corrected chi connectivity index (χ1v) is 6.46. The van der Waals surface area contributed by atoms with Crippen LogP contribution in [0.3, 0.4) is 0 Å². The van der Waals surface area contributed by atoms with Crippen molar-refractivity contribution in [3.8, 4) is 0 Å². The predicted octanol–water partition coefficient (Wildman–Crippen LogP) is 0.981. The molecule has 0 aromatic heterocycles. The van der Waals surface area contributed by atoms with Crippen molar-refractivity contribution in [3.05, 3.63) is 0 Å². The maximum atomic E-state index is 11.5. The van der Waals surface area contributed by atoms with Gasteiger partial charge in [0.15, 0.2) is 0 Å². The van der Waals surface area contributed by atoms with Crippen LogP contribution in [0.5, 0.6) is 0 Å². The minimum atomic E-state index is -0.387. The highest BCUT2D eigenvalue weighted by molar-refractivity contribution is 7.79. The smallest absolute Gasteiger partial charge is 0.410 e. The molecule has 0 saturated carbocycles. The van der Waals surface area contributed by atoms with E-state index in [1.165, 1.54) is 0 Å². The lowest BCUT2D eigenvalue weighted by Gasteiger charge is -2.30. The van der Waals surface area contributed by atoms with Crippen molar-refractivity contribution in [2.75, 3.05) is 39.5 Å². The molecule has 0 radical (unpaired) electrons. The summed E-state index contributed by atoms with van der Waals surface area (Å²) in [4.78, 5) is 13.2. The number of hydrogen-bond acceptors (Lipinski definition) is 5. The fraction of sp³-hybridized carbons (Fsp3) is 0.909. The lowest BCUT2D eigenvalue weighted by atomic mass is 10.2. The van der Waals surface area contributed by atoms with Gasteiger partial charge in [-0.1, -0.05) is 0 Å². The minimum Gasteiger partial charge on any atom is -0.444 e. The first-order valence-electron chi connectivity index (χ1n) is 5.57. The van der Waals surface area contributed by atoms with Crippen molar-refractivity contribution in [2.24, 2.45) is 0 Å². The monoisotopic (exact) mass is 266 g/mol. The van der Waals surface area contributed by atoms with Gasteiger partial charge >= 0.3 is 6.09 Å². The fourth-order valence-electron chi connectivity index (χ4n) is 1.17. The third-order valence-corrected chi connectivity index (χ3v) is 1.77. The van der Waals surface area contributed by atoms with Crippen LogP contribution in [0.25, 0.3) is 0 Å². The van der Waals surface area contributed by atoms with Gasteiger partial charge < -0.3 is 20.1 Å². The molecule has 0 aromatic rings. The Bertz CT molecular complexity index is 190. The number of rotatable bonds is 0. The molecule has 6 heteroatoms. The Morgan fingerprint density at radius 2 is 1.65 bits per heavy atom. The van der Waals surface area contributed by atoms with Gasteiger partial charge in [-0.15, -0.1) is 0 Å². The zero-order chi connectivity index (χ0) is 13.9. The first-order chi connectivity index (χ1) is 7.99. The molecule has 0 unspecified atom stereocenters. The van der Waals surface area contributed by atoms with Gasteiger partial charge in [0.05, 0.1) is 0 Å². The highest BCUT2D eigenvalue weighted by Gasteiger charge is 2.22. The number of nitrogens with one attached hydrogen (secondary N) is 1. The van der Waals surface area contributed by atoms with Crippen LogP contribution < -0.4 is 5.32 Å². The Hall–Kier alpha value is -0.460. The number of carbonyl (C=O) groups is 1. The van der Waals surface area contributed by atoms with Crippen LogP contribution in [-0.2, 0) is 4.74 Å². The summed E-state index contributed by atoms with van der Waals surface area (Å²) in [5, 5.41) is 10.2. The van der Waals surface area contributed by atoms with Gasteiger partial charge in [-0.2, -0.15) is 12.6 Å². The molecule has 5 nitrogen and oxygen atoms in total. The Kier molecular flexibility index (Phi) is 11.9. The number of hydrogen-bond donors (Lipinski definition) is 3. The molecule has 1 amide bonds. The van der Waals surface area contributed by atoms with Crippen LogP contribution >= 0.6 is 12.6 Å². The number of carbonyl (C=O) groups excluding carboxylic acids is 1. The molecule has 0 aliphatic carbocycles. The molecule has 1 rings (SSSR count). The van der Waals surface area contributed by atoms with Crippen molar-refractivity contribution in [3.63, 3.8) is 0 Å². The third-order valence-electron chi connectivity index (χ3n) is 1.77. The molecule has 104 valence electrons. The summed E-state index contributed by atoms with van der Waals surface area (Å²) < 4.78 is 5.24. The van der Waals surface area contributed by atoms with E-state index < -0.39 is 0 Å². The van der Waals surface area contributed by atoms with E-state index in [1.54, 1.807) is 11.2 Å². The number of thiol groups is 1. The van der Waals surface area contributed by atoms with E-state index in [1.807, 2.05) is 20.8 Å². The summed E-state index contributed by atoms with van der Waals surface area (Å²) in [6.45, 7) is 8.86. The SMILES string of the molecule is CC(C)(C)OC(=O)N1CCNCC1.CO.CS. The highest BCUT2D eigenvalue weighted by atomic mass is 32.1. The van der Waals surface area contributed by atoms with Crippen molar-refractivity contribution < 1.29 is 14.6 Å². The predicted molar refractivity (Wildman–Crippen MR) is 73.7 cm³/mol. The maximum Gasteiger partial charge on any atom is 0.410 e. The second kappa shape index (κ2) is 10.7. The third kappa shape index (κ3) is 10.4. The van der Waals surface area contributed by atoms with Gasteiger partial charge in [-0.25, -0.2) is 4.79 Å². The number of aliphatic hydroxyl groups excluding tert-OH is 1. The topological polar surface area (TPSA) is 61.8 Å². The summed E-state index contributed by atoms with van der Waals surface area (Å²) in [6, 6.07) is 0. The van der Waals surface area contributed by atoms with E-state index in [-0.39, 0.29) is 11.7 Å². The Morgan fingerprint density at radius 1 is 1.24 bits per heavy atom. The van der Waals surface area contributed by atoms with Crippen molar-refractivity contribution in [1.29, 1.82) is 0 Å². The second-order valence-electron chi connectivity index (χ2n) is 4.22. The van der Waals surface area contributed by atoms with Crippen LogP contribution in [-0.4, -0.2) is 61.2 Å². The van der Waals surface area contributed by atoms with Crippen molar-refractivity contribution >= 4 is 18.7 Å². The average Bonchev–Trinajstić information content (AvgIpc) is 2.33. The van der Waals surface area contributed by atoms with E-state index in [4.69, 9.17) is 9.84 Å². The van der Waals surface area contributed by atoms with E-state index >= 15 is 0 Å². The van der Waals surface area contributed by atoms with Gasteiger partial charge in [-0.05, 0) is 27.0 Å². The molecular weight excluding hydrogens is 240 g/mol. The van der Waals surface area contributed by atoms with Crippen molar-refractivity contribution in [1.82, 2.24) is 10.2 Å². The maximum absolute atomic E-state index is 11.5. The molecule has 1 aliphatic rings. The van der Waals surface area contributed by atoms with Gasteiger partial charge in [0.1, 0.15) is 5.60 Å². The molecule has 1 fully saturated rings. The molecule has 17 heavy (non-hydrogen) atoms. The Labute approximate surface area is 110 Å². The molecule has 0 atom stereocenters. The standard InChI is InChI=1S/C9H18N2O2.CH4O.CH4S/c1-9(2,3)13-8(12)11-6-4-10-5-7-11;2*1-2/h10H,4-7H2,1-3H3;2*2H,1H3. The van der Waals surface area contributed by atoms with E-state index in [2.05, 4.69) is 17.9 Å². The number of piperazine rings is 1. The van der Waals surface area contributed by atoms with Gasteiger partial charge in [-0.3, -0.25) is 0 Å². The van der Waals surface area contributed by atoms with Crippen molar-refractivity contribution in [2.45, 2.75) is 26.4 Å². The summed E-state index contributed by atoms with van der Waals surface area (Å²) in [5.41, 5.74) is -0.387. The van der Waals surface area contributed by atoms with Crippen LogP contribution in [0.15, 0.2) is 0 Å².